The summed E-state index contributed by atoms with van der Waals surface area (Å²) >= 11 is 3.47. The molecule has 6 nitrogen and oxygen atoms in total. The molecule has 2 aromatic carbocycles. The van der Waals surface area contributed by atoms with E-state index in [4.69, 9.17) is 9.47 Å². The van der Waals surface area contributed by atoms with Crippen LogP contribution in [-0.2, 0) is 16.9 Å². The number of imide groups is 1. The second-order valence-electron chi connectivity index (χ2n) is 6.11. The highest BCUT2D eigenvalue weighted by atomic mass is 79.9. The summed E-state index contributed by atoms with van der Waals surface area (Å²) < 4.78 is 11.5. The fraction of sp³-hybridized carbons (Fsp3) is 0.222. The number of carbonyl (C=O) groups is 2. The SMILES string of the molecule is C[C@]1(c2ccccc2)NC(=O)N(Cc2cc3c(cc2Br)OCO3)C1=O. The molecule has 1 atom stereocenters. The number of fused-ring (bicyclic) bond motifs is 1. The summed E-state index contributed by atoms with van der Waals surface area (Å²) in [6.45, 7) is 2.03. The number of carbonyl (C=O) groups excluding carboxylic acids is 2. The molecule has 1 saturated heterocycles. The van der Waals surface area contributed by atoms with Gasteiger partial charge in [0.05, 0.1) is 6.54 Å². The maximum absolute atomic E-state index is 13.0. The molecule has 2 heterocycles. The fourth-order valence-electron chi connectivity index (χ4n) is 3.06. The lowest BCUT2D eigenvalue weighted by atomic mass is 9.92. The zero-order chi connectivity index (χ0) is 17.6. The van der Waals surface area contributed by atoms with Crippen molar-refractivity contribution in [2.24, 2.45) is 0 Å². The molecule has 0 spiro atoms. The van der Waals surface area contributed by atoms with Gasteiger partial charge in [-0.2, -0.15) is 0 Å². The van der Waals surface area contributed by atoms with Crippen molar-refractivity contribution in [2.45, 2.75) is 19.0 Å². The van der Waals surface area contributed by atoms with Gasteiger partial charge in [0.15, 0.2) is 11.5 Å². The van der Waals surface area contributed by atoms with Gasteiger partial charge in [-0.3, -0.25) is 9.69 Å². The molecule has 4 rings (SSSR count). The summed E-state index contributed by atoms with van der Waals surface area (Å²) in [5.74, 6) is 0.964. The van der Waals surface area contributed by atoms with Crippen LogP contribution in [0.25, 0.3) is 0 Å². The third-order valence-corrected chi connectivity index (χ3v) is 5.23. The number of halogens is 1. The van der Waals surface area contributed by atoms with Crippen LogP contribution >= 0.6 is 15.9 Å². The average molecular weight is 403 g/mol. The lowest BCUT2D eigenvalue weighted by molar-refractivity contribution is -0.131. The molecule has 7 heteroatoms. The standard InChI is InChI=1S/C18H15BrN2O4/c1-18(12-5-3-2-4-6-12)16(22)21(17(23)20-18)9-11-7-14-15(8-13(11)19)25-10-24-14/h2-8H,9-10H2,1H3,(H,20,23)/t18-/m1/s1. The number of hydrogen-bond acceptors (Lipinski definition) is 4. The van der Waals surface area contributed by atoms with Crippen LogP contribution in [0.2, 0.25) is 0 Å². The summed E-state index contributed by atoms with van der Waals surface area (Å²) in [7, 11) is 0. The van der Waals surface area contributed by atoms with Gasteiger partial charge in [-0.25, -0.2) is 4.79 Å². The van der Waals surface area contributed by atoms with Gasteiger partial charge < -0.3 is 14.8 Å². The van der Waals surface area contributed by atoms with Crippen LogP contribution in [0.4, 0.5) is 4.79 Å². The number of urea groups is 1. The first kappa shape index (κ1) is 16.0. The third-order valence-electron chi connectivity index (χ3n) is 4.50. The van der Waals surface area contributed by atoms with E-state index >= 15 is 0 Å². The number of rotatable bonds is 3. The second kappa shape index (κ2) is 5.77. The minimum Gasteiger partial charge on any atom is -0.454 e. The van der Waals surface area contributed by atoms with Gasteiger partial charge in [-0.05, 0) is 30.2 Å². The zero-order valence-electron chi connectivity index (χ0n) is 13.4. The molecule has 0 unspecified atom stereocenters. The molecule has 0 aliphatic carbocycles. The smallest absolute Gasteiger partial charge is 0.325 e. The highest BCUT2D eigenvalue weighted by molar-refractivity contribution is 9.10. The predicted octanol–water partition coefficient (Wildman–Crippen LogP) is 3.15. The number of hydrogen-bond donors (Lipinski definition) is 1. The van der Waals surface area contributed by atoms with Gasteiger partial charge in [0.2, 0.25) is 6.79 Å². The van der Waals surface area contributed by atoms with Crippen LogP contribution in [0, 0.1) is 0 Å². The van der Waals surface area contributed by atoms with Crippen molar-refractivity contribution < 1.29 is 19.1 Å². The summed E-state index contributed by atoms with van der Waals surface area (Å²) in [6.07, 6.45) is 0. The maximum Gasteiger partial charge on any atom is 0.325 e. The molecule has 0 radical (unpaired) electrons. The molecule has 25 heavy (non-hydrogen) atoms. The molecule has 2 aliphatic rings. The molecule has 0 aromatic heterocycles. The minimum absolute atomic E-state index is 0.143. The minimum atomic E-state index is -1.07. The lowest BCUT2D eigenvalue weighted by Gasteiger charge is -2.22. The van der Waals surface area contributed by atoms with Crippen LogP contribution in [0.5, 0.6) is 11.5 Å². The molecule has 0 bridgehead atoms. The van der Waals surface area contributed by atoms with E-state index in [0.717, 1.165) is 15.6 Å². The lowest BCUT2D eigenvalue weighted by Crippen LogP contribution is -2.40. The van der Waals surface area contributed by atoms with E-state index in [2.05, 4.69) is 21.2 Å². The van der Waals surface area contributed by atoms with Gasteiger partial charge in [0.1, 0.15) is 5.54 Å². The van der Waals surface area contributed by atoms with Gasteiger partial charge in [-0.15, -0.1) is 0 Å². The van der Waals surface area contributed by atoms with Crippen LogP contribution < -0.4 is 14.8 Å². The van der Waals surface area contributed by atoms with Gasteiger partial charge in [0.25, 0.3) is 5.91 Å². The topological polar surface area (TPSA) is 67.9 Å². The van der Waals surface area contributed by atoms with E-state index in [1.54, 1.807) is 19.1 Å². The predicted molar refractivity (Wildman–Crippen MR) is 93.1 cm³/mol. The van der Waals surface area contributed by atoms with E-state index in [1.165, 1.54) is 4.90 Å². The number of nitrogens with one attached hydrogen (secondary N) is 1. The van der Waals surface area contributed by atoms with Gasteiger partial charge in [-0.1, -0.05) is 46.3 Å². The van der Waals surface area contributed by atoms with Crippen molar-refractivity contribution in [1.82, 2.24) is 10.2 Å². The first-order valence-electron chi connectivity index (χ1n) is 7.77. The number of nitrogens with zero attached hydrogens (tertiary/aromatic N) is 1. The Hall–Kier alpha value is -2.54. The molecule has 128 valence electrons. The Bertz CT molecular complexity index is 871. The number of amides is 3. The first-order chi connectivity index (χ1) is 12.0. The molecule has 3 amide bonds. The molecule has 1 N–H and O–H groups in total. The van der Waals surface area contributed by atoms with Crippen molar-refractivity contribution in [3.63, 3.8) is 0 Å². The number of ether oxygens (including phenoxy) is 2. The van der Waals surface area contributed by atoms with E-state index in [9.17, 15) is 9.59 Å². The molecule has 0 saturated carbocycles. The Labute approximate surface area is 152 Å². The van der Waals surface area contributed by atoms with Crippen LogP contribution in [0.1, 0.15) is 18.1 Å². The fourth-order valence-corrected chi connectivity index (χ4v) is 3.51. The second-order valence-corrected chi connectivity index (χ2v) is 6.96. The van der Waals surface area contributed by atoms with Crippen LogP contribution in [-0.4, -0.2) is 23.6 Å². The normalized spacial score (nSPS) is 21.6. The molecular weight excluding hydrogens is 388 g/mol. The maximum atomic E-state index is 13.0. The highest BCUT2D eigenvalue weighted by Crippen LogP contribution is 2.38. The van der Waals surface area contributed by atoms with E-state index in [1.807, 2.05) is 30.3 Å². The van der Waals surface area contributed by atoms with Crippen LogP contribution in [0.15, 0.2) is 46.9 Å². The van der Waals surface area contributed by atoms with E-state index in [-0.39, 0.29) is 19.2 Å². The Morgan fingerprint density at radius 2 is 1.84 bits per heavy atom. The van der Waals surface area contributed by atoms with Crippen LogP contribution in [0.3, 0.4) is 0 Å². The Morgan fingerprint density at radius 1 is 1.16 bits per heavy atom. The van der Waals surface area contributed by atoms with Gasteiger partial charge in [0, 0.05) is 4.47 Å². The average Bonchev–Trinajstić information content (AvgIpc) is 3.14. The molecular formula is C18H15BrN2O4. The summed E-state index contributed by atoms with van der Waals surface area (Å²) in [5.41, 5.74) is 0.451. The van der Waals surface area contributed by atoms with Gasteiger partial charge >= 0.3 is 6.03 Å². The Kier molecular flexibility index (Phi) is 3.68. The summed E-state index contributed by atoms with van der Waals surface area (Å²) in [5, 5.41) is 2.80. The molecule has 1 fully saturated rings. The zero-order valence-corrected chi connectivity index (χ0v) is 15.0. The summed E-state index contributed by atoms with van der Waals surface area (Å²) in [4.78, 5) is 26.6. The quantitative estimate of drug-likeness (QED) is 0.800. The van der Waals surface area contributed by atoms with E-state index < -0.39 is 11.6 Å². The van der Waals surface area contributed by atoms with Crippen molar-refractivity contribution in [2.75, 3.05) is 6.79 Å². The monoisotopic (exact) mass is 402 g/mol. The molecule has 2 aliphatic heterocycles. The third kappa shape index (κ3) is 2.55. The van der Waals surface area contributed by atoms with Crippen molar-refractivity contribution in [1.29, 1.82) is 0 Å². The first-order valence-corrected chi connectivity index (χ1v) is 8.56. The number of benzene rings is 2. The van der Waals surface area contributed by atoms with Crippen molar-refractivity contribution >= 4 is 27.9 Å². The Morgan fingerprint density at radius 3 is 2.56 bits per heavy atom. The van der Waals surface area contributed by atoms with Crippen molar-refractivity contribution in [3.8, 4) is 11.5 Å². The highest BCUT2D eigenvalue weighted by Gasteiger charge is 2.48. The summed E-state index contributed by atoms with van der Waals surface area (Å²) in [6, 6.07) is 12.4. The van der Waals surface area contributed by atoms with E-state index in [0.29, 0.717) is 11.5 Å². The molecule has 2 aromatic rings. The largest absolute Gasteiger partial charge is 0.454 e. The Balaban J connectivity index is 1.64. The van der Waals surface area contributed by atoms with Crippen molar-refractivity contribution in [3.05, 3.63) is 58.1 Å².